The van der Waals surface area contributed by atoms with Crippen LogP contribution in [0.2, 0.25) is 0 Å². The maximum absolute atomic E-state index is 13.7. The van der Waals surface area contributed by atoms with Gasteiger partial charge in [0, 0.05) is 30.8 Å². The number of Topliss-reactive ketones (excluding diaryl/α,β-unsaturated/α-hetero) is 1. The molecule has 3 saturated heterocycles. The molecule has 10 heteroatoms. The van der Waals surface area contributed by atoms with E-state index >= 15 is 0 Å². The molecule has 3 N–H and O–H groups in total. The summed E-state index contributed by atoms with van der Waals surface area (Å²) in [5.41, 5.74) is -6.02. The first kappa shape index (κ1) is 30.1. The zero-order chi connectivity index (χ0) is 30.5. The fourth-order valence-electron chi connectivity index (χ4n) is 8.90. The Kier molecular flexibility index (Phi) is 7.02. The SMILES string of the molecule is C=C(C)[C@@]12O[C@@]3(/C=C/CCCCCCC)O[C@@H]1[C@H]1[C@@H]4O[C@]4(CO)[C@@H](O)[C@]4(O)C(=O)C(C)=C[C@H]4[C@@]1(O3)[C@H](C)[C@H]2OC(C)=O. The number of aliphatic hydroxyl groups excluding tert-OH is 2. The summed E-state index contributed by atoms with van der Waals surface area (Å²) in [5.74, 6) is -5.45. The molecule has 3 aliphatic heterocycles. The molecule has 12 atom stereocenters. The summed E-state index contributed by atoms with van der Waals surface area (Å²) in [5, 5.41) is 34.5. The predicted molar refractivity (Wildman–Crippen MR) is 149 cm³/mol. The second-order valence-electron chi connectivity index (χ2n) is 13.3. The van der Waals surface area contributed by atoms with Crippen molar-refractivity contribution in [3.8, 4) is 0 Å². The number of unbranched alkanes of at least 4 members (excludes halogenated alkanes) is 5. The number of carbonyl (C=O) groups is 2. The van der Waals surface area contributed by atoms with Crippen molar-refractivity contribution in [1.29, 1.82) is 0 Å². The number of allylic oxidation sites excluding steroid dienone is 1. The van der Waals surface area contributed by atoms with Gasteiger partial charge >= 0.3 is 11.9 Å². The van der Waals surface area contributed by atoms with E-state index in [0.717, 1.165) is 32.1 Å². The van der Waals surface area contributed by atoms with Gasteiger partial charge in [-0.25, -0.2) is 0 Å². The van der Waals surface area contributed by atoms with Gasteiger partial charge in [-0.1, -0.05) is 58.3 Å². The van der Waals surface area contributed by atoms with E-state index in [2.05, 4.69) is 13.5 Å². The van der Waals surface area contributed by atoms with E-state index in [0.29, 0.717) is 5.57 Å². The van der Waals surface area contributed by atoms with Crippen molar-refractivity contribution in [2.75, 3.05) is 6.61 Å². The molecular weight excluding hydrogens is 544 g/mol. The molecule has 6 rings (SSSR count). The third-order valence-corrected chi connectivity index (χ3v) is 10.9. The van der Waals surface area contributed by atoms with E-state index in [-0.39, 0.29) is 5.57 Å². The molecule has 0 amide bonds. The number of epoxide rings is 1. The lowest BCUT2D eigenvalue weighted by Crippen LogP contribution is -2.76. The van der Waals surface area contributed by atoms with Crippen LogP contribution >= 0.6 is 0 Å². The highest BCUT2D eigenvalue weighted by atomic mass is 16.9. The minimum atomic E-state index is -2.37. The van der Waals surface area contributed by atoms with Crippen molar-refractivity contribution < 1.29 is 48.6 Å². The number of aliphatic hydroxyl groups is 3. The highest BCUT2D eigenvalue weighted by Gasteiger charge is 2.90. The minimum Gasteiger partial charge on any atom is -0.459 e. The van der Waals surface area contributed by atoms with Gasteiger partial charge in [0.15, 0.2) is 17.0 Å². The summed E-state index contributed by atoms with van der Waals surface area (Å²) >= 11 is 0. The number of carbonyl (C=O) groups excluding carboxylic acids is 2. The summed E-state index contributed by atoms with van der Waals surface area (Å²) in [7, 11) is 0. The van der Waals surface area contributed by atoms with Crippen molar-refractivity contribution in [3.63, 3.8) is 0 Å². The fourth-order valence-corrected chi connectivity index (χ4v) is 8.90. The standard InChI is InChI=1S/C32H44O10/c1-7-8-9-10-11-12-13-14-29-40-26-22-25-28(16-33,39-25)27(36)30(37)21(15-18(4)23(30)35)32(22,42-29)19(5)24(38-20(6)34)31(26,41-29)17(2)3/h13-15,19,21-22,24-27,33,36-37H,2,7-12,16H2,1,3-6H3/b14-13+/t19-,21-,22-,24-,25+,26-,27-,28+,29-,30-,31+,32+/m1/s1. The zero-order valence-corrected chi connectivity index (χ0v) is 25.1. The number of hydrogen-bond acceptors (Lipinski definition) is 10. The van der Waals surface area contributed by atoms with Gasteiger partial charge in [0.05, 0.1) is 12.2 Å². The van der Waals surface area contributed by atoms with E-state index < -0.39 is 88.9 Å². The first-order chi connectivity index (χ1) is 19.8. The van der Waals surface area contributed by atoms with Gasteiger partial charge in [-0.2, -0.15) is 0 Å². The summed E-state index contributed by atoms with van der Waals surface area (Å²) in [6, 6.07) is 0. The zero-order valence-electron chi connectivity index (χ0n) is 25.1. The first-order valence-corrected chi connectivity index (χ1v) is 15.3. The van der Waals surface area contributed by atoms with Crippen LogP contribution in [-0.2, 0) is 33.3 Å². The predicted octanol–water partition coefficient (Wildman–Crippen LogP) is 2.63. The largest absolute Gasteiger partial charge is 0.459 e. The summed E-state index contributed by atoms with van der Waals surface area (Å²) in [4.78, 5) is 26.2. The molecule has 3 heterocycles. The summed E-state index contributed by atoms with van der Waals surface area (Å²) < 4.78 is 32.5. The molecule has 0 radical (unpaired) electrons. The lowest BCUT2D eigenvalue weighted by atomic mass is 9.53. The van der Waals surface area contributed by atoms with Crippen LogP contribution < -0.4 is 0 Å². The van der Waals surface area contributed by atoms with Crippen molar-refractivity contribution >= 4 is 11.8 Å². The summed E-state index contributed by atoms with van der Waals surface area (Å²) in [6.07, 6.45) is 7.21. The summed E-state index contributed by atoms with van der Waals surface area (Å²) in [6.45, 7) is 12.3. The van der Waals surface area contributed by atoms with Gasteiger partial charge in [0.25, 0.3) is 0 Å². The normalized spacial score (nSPS) is 49.8. The molecule has 3 bridgehead atoms. The Balaban J connectivity index is 1.52. The Morgan fingerprint density at radius 2 is 1.86 bits per heavy atom. The van der Waals surface area contributed by atoms with Crippen molar-refractivity contribution in [2.45, 2.75) is 126 Å². The van der Waals surface area contributed by atoms with E-state index in [1.807, 2.05) is 13.0 Å². The van der Waals surface area contributed by atoms with Crippen LogP contribution in [0.4, 0.5) is 0 Å². The number of ketones is 1. The molecule has 5 fully saturated rings. The Bertz CT molecular complexity index is 1240. The van der Waals surface area contributed by atoms with E-state index in [4.69, 9.17) is 23.7 Å². The van der Waals surface area contributed by atoms with E-state index in [1.165, 1.54) is 13.3 Å². The molecular formula is C32H44O10. The van der Waals surface area contributed by atoms with Gasteiger partial charge in [-0.3, -0.25) is 9.59 Å². The Hall–Kier alpha value is -1.92. The van der Waals surface area contributed by atoms with Crippen LogP contribution in [0.1, 0.15) is 73.1 Å². The van der Waals surface area contributed by atoms with Crippen LogP contribution in [-0.4, -0.2) is 86.5 Å². The third-order valence-electron chi connectivity index (χ3n) is 10.9. The van der Waals surface area contributed by atoms with Crippen LogP contribution in [0.15, 0.2) is 36.0 Å². The van der Waals surface area contributed by atoms with Gasteiger partial charge < -0.3 is 39.0 Å². The number of esters is 1. The second-order valence-corrected chi connectivity index (χ2v) is 13.3. The van der Waals surface area contributed by atoms with Crippen molar-refractivity contribution in [2.24, 2.45) is 17.8 Å². The molecule has 42 heavy (non-hydrogen) atoms. The molecule has 2 saturated carbocycles. The van der Waals surface area contributed by atoms with Crippen LogP contribution in [0, 0.1) is 17.8 Å². The number of fused-ring (bicyclic) bond motifs is 3. The maximum atomic E-state index is 13.7. The Morgan fingerprint density at radius 1 is 1.14 bits per heavy atom. The molecule has 0 aromatic rings. The number of rotatable bonds is 10. The molecule has 0 unspecified atom stereocenters. The van der Waals surface area contributed by atoms with Gasteiger partial charge in [0.1, 0.15) is 30.0 Å². The smallest absolute Gasteiger partial charge is 0.306 e. The van der Waals surface area contributed by atoms with Crippen LogP contribution in [0.5, 0.6) is 0 Å². The topological polar surface area (TPSA) is 144 Å². The quantitative estimate of drug-likeness (QED) is 0.151. The van der Waals surface area contributed by atoms with Crippen LogP contribution in [0.25, 0.3) is 0 Å². The maximum Gasteiger partial charge on any atom is 0.306 e. The van der Waals surface area contributed by atoms with Crippen molar-refractivity contribution in [3.05, 3.63) is 36.0 Å². The monoisotopic (exact) mass is 588 g/mol. The highest BCUT2D eigenvalue weighted by molar-refractivity contribution is 6.05. The molecule has 232 valence electrons. The molecule has 3 aliphatic carbocycles. The van der Waals surface area contributed by atoms with Gasteiger partial charge in [0.2, 0.25) is 0 Å². The van der Waals surface area contributed by atoms with Crippen LogP contribution in [0.3, 0.4) is 0 Å². The lowest BCUT2D eigenvalue weighted by Gasteiger charge is -2.61. The highest BCUT2D eigenvalue weighted by Crippen LogP contribution is 2.73. The average molecular weight is 589 g/mol. The molecule has 6 aliphatic rings. The third kappa shape index (κ3) is 3.57. The van der Waals surface area contributed by atoms with Gasteiger partial charge in [-0.05, 0) is 37.8 Å². The minimum absolute atomic E-state index is 0.259. The van der Waals surface area contributed by atoms with E-state index in [9.17, 15) is 24.9 Å². The Labute approximate surface area is 246 Å². The molecule has 10 nitrogen and oxygen atoms in total. The first-order valence-electron chi connectivity index (χ1n) is 15.3. The number of ether oxygens (including phenoxy) is 5. The second kappa shape index (κ2) is 9.79. The molecule has 0 spiro atoms. The van der Waals surface area contributed by atoms with Crippen molar-refractivity contribution in [1.82, 2.24) is 0 Å². The van der Waals surface area contributed by atoms with Gasteiger partial charge in [-0.15, -0.1) is 0 Å². The average Bonchev–Trinajstić information content (AvgIpc) is 3.57. The number of hydrogen-bond donors (Lipinski definition) is 3. The molecule has 0 aromatic carbocycles. The Morgan fingerprint density at radius 3 is 2.50 bits per heavy atom. The lowest BCUT2D eigenvalue weighted by molar-refractivity contribution is -0.407. The molecule has 0 aromatic heterocycles. The fraction of sp³-hybridized carbons (Fsp3) is 0.750. The van der Waals surface area contributed by atoms with E-state index in [1.54, 1.807) is 26.0 Å².